The predicted octanol–water partition coefficient (Wildman–Crippen LogP) is -1.17. The van der Waals surface area contributed by atoms with E-state index >= 15 is 0 Å². The monoisotopic (exact) mass is 181 g/mol. The van der Waals surface area contributed by atoms with Crippen molar-refractivity contribution in [1.82, 2.24) is 0 Å². The van der Waals surface area contributed by atoms with Crippen LogP contribution in [-0.2, 0) is 14.6 Å². The van der Waals surface area contributed by atoms with Gasteiger partial charge in [0.1, 0.15) is 6.04 Å². The van der Waals surface area contributed by atoms with Gasteiger partial charge in [0.05, 0.1) is 5.75 Å². The molecule has 66 valence electrons. The van der Waals surface area contributed by atoms with Crippen LogP contribution in [0.1, 0.15) is 6.92 Å². The fourth-order valence-corrected chi connectivity index (χ4v) is 1.39. The first-order valence-electron chi connectivity index (χ1n) is 3.08. The number of hydrogen-bond acceptors (Lipinski definition) is 4. The molecule has 0 aromatic heterocycles. The van der Waals surface area contributed by atoms with Crippen LogP contribution < -0.4 is 5.73 Å². The van der Waals surface area contributed by atoms with Gasteiger partial charge in [-0.05, 0) is 0 Å². The van der Waals surface area contributed by atoms with Crippen LogP contribution in [0.15, 0.2) is 0 Å². The van der Waals surface area contributed by atoms with E-state index in [1.807, 2.05) is 0 Å². The van der Waals surface area contributed by atoms with Crippen LogP contribution in [0.3, 0.4) is 0 Å². The number of carbonyl (C=O) groups is 1. The molecule has 6 heteroatoms. The summed E-state index contributed by atoms with van der Waals surface area (Å²) < 4.78 is 21.5. The summed E-state index contributed by atoms with van der Waals surface area (Å²) >= 11 is 0. The van der Waals surface area contributed by atoms with E-state index in [4.69, 9.17) is 10.8 Å². The summed E-state index contributed by atoms with van der Waals surface area (Å²) in [7, 11) is -3.27. The van der Waals surface area contributed by atoms with Crippen molar-refractivity contribution in [2.24, 2.45) is 5.73 Å². The SMILES string of the molecule is CCS(=O)(=O)CC(N)C(=O)O. The summed E-state index contributed by atoms with van der Waals surface area (Å²) in [4.78, 5) is 10.1. The summed E-state index contributed by atoms with van der Waals surface area (Å²) in [5.41, 5.74) is 5.00. The fourth-order valence-electron chi connectivity index (χ4n) is 0.463. The van der Waals surface area contributed by atoms with E-state index in [9.17, 15) is 13.2 Å². The highest BCUT2D eigenvalue weighted by molar-refractivity contribution is 7.91. The molecule has 1 atom stereocenters. The minimum absolute atomic E-state index is 0.0754. The number of carboxylic acid groups (broad SMARTS) is 1. The Balaban J connectivity index is 4.16. The summed E-state index contributed by atoms with van der Waals surface area (Å²) in [5, 5.41) is 8.25. The van der Waals surface area contributed by atoms with E-state index in [0.29, 0.717) is 0 Å². The highest BCUT2D eigenvalue weighted by Crippen LogP contribution is 1.92. The zero-order valence-electron chi connectivity index (χ0n) is 6.15. The highest BCUT2D eigenvalue weighted by Gasteiger charge is 2.19. The van der Waals surface area contributed by atoms with Crippen LogP contribution in [-0.4, -0.2) is 37.0 Å². The van der Waals surface area contributed by atoms with Crippen LogP contribution in [0.25, 0.3) is 0 Å². The van der Waals surface area contributed by atoms with Gasteiger partial charge in [-0.1, -0.05) is 6.92 Å². The second-order valence-corrected chi connectivity index (χ2v) is 4.54. The molecule has 0 radical (unpaired) electrons. The number of nitrogens with two attached hydrogens (primary N) is 1. The van der Waals surface area contributed by atoms with Crippen molar-refractivity contribution in [1.29, 1.82) is 0 Å². The maximum atomic E-state index is 10.8. The Labute approximate surface area is 65.1 Å². The third-order valence-corrected chi connectivity index (χ3v) is 2.94. The van der Waals surface area contributed by atoms with Crippen molar-refractivity contribution in [3.05, 3.63) is 0 Å². The molecular weight excluding hydrogens is 170 g/mol. The molecule has 3 N–H and O–H groups in total. The normalized spacial score (nSPS) is 14.4. The van der Waals surface area contributed by atoms with E-state index in [-0.39, 0.29) is 5.75 Å². The first kappa shape index (κ1) is 10.4. The summed E-state index contributed by atoms with van der Waals surface area (Å²) in [6, 6.07) is -1.31. The lowest BCUT2D eigenvalue weighted by molar-refractivity contribution is -0.137. The average Bonchev–Trinajstić information content (AvgIpc) is 1.87. The van der Waals surface area contributed by atoms with Gasteiger partial charge in [-0.2, -0.15) is 0 Å². The molecule has 0 saturated carbocycles. The molecule has 0 heterocycles. The van der Waals surface area contributed by atoms with E-state index < -0.39 is 27.6 Å². The molecule has 5 nitrogen and oxygen atoms in total. The van der Waals surface area contributed by atoms with E-state index in [1.54, 1.807) is 0 Å². The Kier molecular flexibility index (Phi) is 3.47. The van der Waals surface area contributed by atoms with Crippen molar-refractivity contribution < 1.29 is 18.3 Å². The van der Waals surface area contributed by atoms with Crippen LogP contribution in [0, 0.1) is 0 Å². The first-order valence-corrected chi connectivity index (χ1v) is 4.90. The molecule has 0 bridgehead atoms. The maximum Gasteiger partial charge on any atom is 0.321 e. The van der Waals surface area contributed by atoms with Crippen LogP contribution in [0.4, 0.5) is 0 Å². The lowest BCUT2D eigenvalue weighted by Crippen LogP contribution is -2.37. The van der Waals surface area contributed by atoms with Crippen LogP contribution >= 0.6 is 0 Å². The molecule has 0 amide bonds. The Bertz CT molecular complexity index is 233. The number of carboxylic acids is 1. The number of rotatable bonds is 4. The Hall–Kier alpha value is -0.620. The highest BCUT2D eigenvalue weighted by atomic mass is 32.2. The molecule has 0 aromatic rings. The smallest absolute Gasteiger partial charge is 0.321 e. The van der Waals surface area contributed by atoms with Gasteiger partial charge in [0.25, 0.3) is 0 Å². The molecule has 0 aliphatic carbocycles. The standard InChI is InChI=1S/C5H11NO4S/c1-2-11(9,10)3-4(6)5(7)8/h4H,2-3,6H2,1H3,(H,7,8). The molecule has 0 aliphatic heterocycles. The first-order chi connectivity index (χ1) is 4.89. The molecule has 0 fully saturated rings. The van der Waals surface area contributed by atoms with Gasteiger partial charge in [-0.3, -0.25) is 4.79 Å². The average molecular weight is 181 g/mol. The van der Waals surface area contributed by atoms with Crippen LogP contribution in [0.5, 0.6) is 0 Å². The van der Waals surface area contributed by atoms with E-state index in [0.717, 1.165) is 0 Å². The second kappa shape index (κ2) is 3.68. The maximum absolute atomic E-state index is 10.8. The van der Waals surface area contributed by atoms with Crippen molar-refractivity contribution in [2.45, 2.75) is 13.0 Å². The molecule has 0 aromatic carbocycles. The minimum Gasteiger partial charge on any atom is -0.480 e. The zero-order valence-corrected chi connectivity index (χ0v) is 6.97. The molecule has 0 aliphatic rings. The predicted molar refractivity (Wildman–Crippen MR) is 39.9 cm³/mol. The quantitative estimate of drug-likeness (QED) is 0.569. The topological polar surface area (TPSA) is 97.5 Å². The number of aliphatic carboxylic acids is 1. The Morgan fingerprint density at radius 1 is 1.64 bits per heavy atom. The van der Waals surface area contributed by atoms with Gasteiger partial charge in [0.2, 0.25) is 0 Å². The molecular formula is C5H11NO4S. The van der Waals surface area contributed by atoms with Gasteiger partial charge in [-0.15, -0.1) is 0 Å². The van der Waals surface area contributed by atoms with Crippen molar-refractivity contribution in [2.75, 3.05) is 11.5 Å². The molecule has 1 unspecified atom stereocenters. The molecule has 0 saturated heterocycles. The summed E-state index contributed by atoms with van der Waals surface area (Å²) in [6.45, 7) is 1.45. The van der Waals surface area contributed by atoms with Gasteiger partial charge in [0, 0.05) is 5.75 Å². The third-order valence-electron chi connectivity index (χ3n) is 1.19. The Morgan fingerprint density at radius 2 is 2.09 bits per heavy atom. The summed E-state index contributed by atoms with van der Waals surface area (Å²) in [6.07, 6.45) is 0. The van der Waals surface area contributed by atoms with E-state index in [2.05, 4.69) is 0 Å². The molecule has 0 rings (SSSR count). The van der Waals surface area contributed by atoms with Gasteiger partial charge < -0.3 is 10.8 Å². The second-order valence-electron chi connectivity index (χ2n) is 2.14. The van der Waals surface area contributed by atoms with Gasteiger partial charge >= 0.3 is 5.97 Å². The van der Waals surface area contributed by atoms with Crippen molar-refractivity contribution >= 4 is 15.8 Å². The summed E-state index contributed by atoms with van der Waals surface area (Å²) in [5.74, 6) is -1.85. The molecule has 0 spiro atoms. The van der Waals surface area contributed by atoms with Gasteiger partial charge in [-0.25, -0.2) is 8.42 Å². The van der Waals surface area contributed by atoms with Crippen molar-refractivity contribution in [3.8, 4) is 0 Å². The fraction of sp³-hybridized carbons (Fsp3) is 0.800. The van der Waals surface area contributed by atoms with E-state index in [1.165, 1.54) is 6.92 Å². The zero-order chi connectivity index (χ0) is 9.07. The number of sulfone groups is 1. The largest absolute Gasteiger partial charge is 0.480 e. The van der Waals surface area contributed by atoms with Gasteiger partial charge in [0.15, 0.2) is 9.84 Å². The lowest BCUT2D eigenvalue weighted by Gasteiger charge is -2.04. The Morgan fingerprint density at radius 3 is 2.36 bits per heavy atom. The molecule has 11 heavy (non-hydrogen) atoms. The van der Waals surface area contributed by atoms with Crippen LogP contribution in [0.2, 0.25) is 0 Å². The van der Waals surface area contributed by atoms with Crippen molar-refractivity contribution in [3.63, 3.8) is 0 Å². The number of hydrogen-bond donors (Lipinski definition) is 2. The third kappa shape index (κ3) is 3.94. The lowest BCUT2D eigenvalue weighted by atomic mass is 10.4. The minimum atomic E-state index is -3.27.